The molecule has 0 unspecified atom stereocenters. The van der Waals surface area contributed by atoms with E-state index in [0.29, 0.717) is 0 Å². The molecule has 1 aliphatic carbocycles. The Labute approximate surface area is 111 Å². The predicted molar refractivity (Wildman–Crippen MR) is 67.4 cm³/mol. The summed E-state index contributed by atoms with van der Waals surface area (Å²) in [6.07, 6.45) is 1.95. The van der Waals surface area contributed by atoms with E-state index in [1.807, 2.05) is 13.8 Å². The third-order valence-corrected chi connectivity index (χ3v) is 3.06. The summed E-state index contributed by atoms with van der Waals surface area (Å²) in [5, 5.41) is 0. The van der Waals surface area contributed by atoms with Gasteiger partial charge in [-0.25, -0.2) is 0 Å². The molecule has 0 N–H and O–H groups in total. The van der Waals surface area contributed by atoms with Gasteiger partial charge in [-0.2, -0.15) is 8.78 Å². The smallest absolute Gasteiger partial charge is 0.387 e. The van der Waals surface area contributed by atoms with Crippen molar-refractivity contribution in [1.82, 2.24) is 4.90 Å². The van der Waals surface area contributed by atoms with E-state index in [0.717, 1.165) is 12.8 Å². The molecule has 0 radical (unpaired) electrons. The molecule has 0 atom stereocenters. The van der Waals surface area contributed by atoms with Crippen molar-refractivity contribution in [1.29, 1.82) is 0 Å². The second-order valence-electron chi connectivity index (χ2n) is 4.91. The SMILES string of the molecule is CC(C)N(C(=O)c1ccccc1OC(F)F)C1CC1. The maximum absolute atomic E-state index is 12.5. The van der Waals surface area contributed by atoms with Crippen LogP contribution >= 0.6 is 0 Å². The number of benzene rings is 1. The van der Waals surface area contributed by atoms with E-state index in [1.165, 1.54) is 12.1 Å². The molecule has 1 aromatic rings. The number of alkyl halides is 2. The Morgan fingerprint density at radius 1 is 1.32 bits per heavy atom. The Hall–Kier alpha value is -1.65. The van der Waals surface area contributed by atoms with Gasteiger partial charge in [0.05, 0.1) is 5.56 Å². The fourth-order valence-corrected chi connectivity index (χ4v) is 2.16. The van der Waals surface area contributed by atoms with E-state index in [4.69, 9.17) is 0 Å². The summed E-state index contributed by atoms with van der Waals surface area (Å²) in [5.41, 5.74) is 0.198. The lowest BCUT2D eigenvalue weighted by molar-refractivity contribution is -0.0503. The molecule has 5 heteroatoms. The number of amides is 1. The fraction of sp³-hybridized carbons (Fsp3) is 0.500. The molecule has 104 valence electrons. The summed E-state index contributed by atoms with van der Waals surface area (Å²) in [6.45, 7) is 0.918. The highest BCUT2D eigenvalue weighted by Crippen LogP contribution is 2.32. The van der Waals surface area contributed by atoms with Crippen LogP contribution in [-0.2, 0) is 0 Å². The van der Waals surface area contributed by atoms with Gasteiger partial charge in [0.25, 0.3) is 5.91 Å². The first kappa shape index (κ1) is 13.8. The lowest BCUT2D eigenvalue weighted by Gasteiger charge is -2.27. The van der Waals surface area contributed by atoms with Gasteiger partial charge in [-0.05, 0) is 38.8 Å². The minimum Gasteiger partial charge on any atom is -0.434 e. The highest BCUT2D eigenvalue weighted by Gasteiger charge is 2.35. The Morgan fingerprint density at radius 3 is 2.47 bits per heavy atom. The van der Waals surface area contributed by atoms with Crippen molar-refractivity contribution in [2.24, 2.45) is 0 Å². The van der Waals surface area contributed by atoms with Gasteiger partial charge in [-0.1, -0.05) is 12.1 Å². The largest absolute Gasteiger partial charge is 0.434 e. The van der Waals surface area contributed by atoms with Crippen LogP contribution in [0.4, 0.5) is 8.78 Å². The summed E-state index contributed by atoms with van der Waals surface area (Å²) in [5.74, 6) is -0.303. The van der Waals surface area contributed by atoms with E-state index in [1.54, 1.807) is 17.0 Å². The summed E-state index contributed by atoms with van der Waals surface area (Å²) in [7, 11) is 0. The second-order valence-corrected chi connectivity index (χ2v) is 4.91. The van der Waals surface area contributed by atoms with Crippen molar-refractivity contribution in [3.05, 3.63) is 29.8 Å². The molecule has 1 aromatic carbocycles. The number of para-hydroxylation sites is 1. The minimum atomic E-state index is -2.93. The molecule has 1 fully saturated rings. The maximum Gasteiger partial charge on any atom is 0.387 e. The molecule has 0 aromatic heterocycles. The van der Waals surface area contributed by atoms with Gasteiger partial charge in [0, 0.05) is 12.1 Å². The average Bonchev–Trinajstić information content (AvgIpc) is 3.13. The van der Waals surface area contributed by atoms with Gasteiger partial charge >= 0.3 is 6.61 Å². The molecule has 0 heterocycles. The van der Waals surface area contributed by atoms with E-state index < -0.39 is 6.61 Å². The molecule has 3 nitrogen and oxygen atoms in total. The molecule has 0 saturated heterocycles. The van der Waals surface area contributed by atoms with E-state index in [9.17, 15) is 13.6 Å². The first-order valence-electron chi connectivity index (χ1n) is 6.37. The third-order valence-electron chi connectivity index (χ3n) is 3.06. The summed E-state index contributed by atoms with van der Waals surface area (Å²) < 4.78 is 29.1. The lowest BCUT2D eigenvalue weighted by Crippen LogP contribution is -2.39. The zero-order valence-electron chi connectivity index (χ0n) is 11.0. The predicted octanol–water partition coefficient (Wildman–Crippen LogP) is 3.30. The first-order valence-corrected chi connectivity index (χ1v) is 6.37. The fourth-order valence-electron chi connectivity index (χ4n) is 2.16. The van der Waals surface area contributed by atoms with Crippen LogP contribution in [0, 0.1) is 0 Å². The van der Waals surface area contributed by atoms with Crippen LogP contribution in [0.5, 0.6) is 5.75 Å². The molecular weight excluding hydrogens is 252 g/mol. The quantitative estimate of drug-likeness (QED) is 0.820. The standard InChI is InChI=1S/C14H17F2NO2/c1-9(2)17(10-7-8-10)13(18)11-5-3-4-6-12(11)19-14(15)16/h3-6,9-10,14H,7-8H2,1-2H3. The Balaban J connectivity index is 2.26. The van der Waals surface area contributed by atoms with Gasteiger partial charge in [-0.3, -0.25) is 4.79 Å². The van der Waals surface area contributed by atoms with Crippen LogP contribution in [-0.4, -0.2) is 29.5 Å². The van der Waals surface area contributed by atoms with Crippen molar-refractivity contribution < 1.29 is 18.3 Å². The van der Waals surface area contributed by atoms with Gasteiger partial charge in [-0.15, -0.1) is 0 Å². The first-order chi connectivity index (χ1) is 9.00. The van der Waals surface area contributed by atoms with Crippen LogP contribution in [0.1, 0.15) is 37.0 Å². The van der Waals surface area contributed by atoms with Gasteiger partial charge in [0.2, 0.25) is 0 Å². The summed E-state index contributed by atoms with van der Waals surface area (Å²) in [6, 6.07) is 6.41. The van der Waals surface area contributed by atoms with Crippen molar-refractivity contribution in [2.45, 2.75) is 45.4 Å². The molecule has 1 saturated carbocycles. The summed E-state index contributed by atoms with van der Waals surface area (Å²) >= 11 is 0. The molecule has 0 bridgehead atoms. The lowest BCUT2D eigenvalue weighted by atomic mass is 10.1. The normalized spacial score (nSPS) is 14.8. The maximum atomic E-state index is 12.5. The van der Waals surface area contributed by atoms with Crippen molar-refractivity contribution in [2.75, 3.05) is 0 Å². The number of carbonyl (C=O) groups excluding carboxylic acids is 1. The highest BCUT2D eigenvalue weighted by atomic mass is 19.3. The molecule has 0 spiro atoms. The molecule has 2 rings (SSSR count). The molecule has 1 amide bonds. The topological polar surface area (TPSA) is 29.5 Å². The number of rotatable bonds is 5. The van der Waals surface area contributed by atoms with Crippen LogP contribution in [0.25, 0.3) is 0 Å². The van der Waals surface area contributed by atoms with Crippen LogP contribution in [0.15, 0.2) is 24.3 Å². The van der Waals surface area contributed by atoms with Crippen molar-refractivity contribution in [3.63, 3.8) is 0 Å². The number of carbonyl (C=O) groups is 1. The monoisotopic (exact) mass is 269 g/mol. The number of hydrogen-bond donors (Lipinski definition) is 0. The molecule has 19 heavy (non-hydrogen) atoms. The van der Waals surface area contributed by atoms with E-state index >= 15 is 0 Å². The number of nitrogens with zero attached hydrogens (tertiary/aromatic N) is 1. The van der Waals surface area contributed by atoms with E-state index in [-0.39, 0.29) is 29.3 Å². The van der Waals surface area contributed by atoms with Crippen molar-refractivity contribution in [3.8, 4) is 5.75 Å². The average molecular weight is 269 g/mol. The van der Waals surface area contributed by atoms with E-state index in [2.05, 4.69) is 4.74 Å². The molecular formula is C14H17F2NO2. The minimum absolute atomic E-state index is 0.0413. The van der Waals surface area contributed by atoms with Gasteiger partial charge in [0.15, 0.2) is 0 Å². The van der Waals surface area contributed by atoms with Gasteiger partial charge in [0.1, 0.15) is 5.75 Å². The Morgan fingerprint density at radius 2 is 1.95 bits per heavy atom. The molecule has 0 aliphatic heterocycles. The third kappa shape index (κ3) is 3.22. The number of hydrogen-bond acceptors (Lipinski definition) is 2. The number of halogens is 2. The zero-order chi connectivity index (χ0) is 14.0. The van der Waals surface area contributed by atoms with Crippen LogP contribution < -0.4 is 4.74 Å². The van der Waals surface area contributed by atoms with Gasteiger partial charge < -0.3 is 9.64 Å². The number of ether oxygens (including phenoxy) is 1. The molecule has 1 aliphatic rings. The van der Waals surface area contributed by atoms with Crippen LogP contribution in [0.2, 0.25) is 0 Å². The summed E-state index contributed by atoms with van der Waals surface area (Å²) in [4.78, 5) is 14.2. The Kier molecular flexibility index (Phi) is 4.02. The van der Waals surface area contributed by atoms with Crippen LogP contribution in [0.3, 0.4) is 0 Å². The highest BCUT2D eigenvalue weighted by molar-refractivity contribution is 5.97. The Bertz CT molecular complexity index is 457. The zero-order valence-corrected chi connectivity index (χ0v) is 11.0. The van der Waals surface area contributed by atoms with Crippen molar-refractivity contribution >= 4 is 5.91 Å². The second kappa shape index (κ2) is 5.55.